The number of aromatic nitrogens is 4. The Balaban J connectivity index is 1.59. The number of allylic oxidation sites excluding steroid dienone is 2. The molecule has 59 heavy (non-hydrogen) atoms. The van der Waals surface area contributed by atoms with E-state index in [0.29, 0.717) is 30.4 Å². The minimum Gasteiger partial charge on any atom is -0.469 e. The lowest BCUT2D eigenvalue weighted by molar-refractivity contribution is -0.141. The molecule has 8 rings (SSSR count). The Morgan fingerprint density at radius 2 is 1.54 bits per heavy atom. The van der Waals surface area contributed by atoms with Gasteiger partial charge in [0.1, 0.15) is 6.29 Å². The number of fused-ring (bicyclic) bond motifs is 11. The summed E-state index contributed by atoms with van der Waals surface area (Å²) in [6.07, 6.45) is 5.53. The highest BCUT2D eigenvalue weighted by molar-refractivity contribution is 5.96. The summed E-state index contributed by atoms with van der Waals surface area (Å²) in [5.74, 6) is -0.604. The summed E-state index contributed by atoms with van der Waals surface area (Å²) in [6, 6.07) is 14.4. The summed E-state index contributed by atoms with van der Waals surface area (Å²) in [6.45, 7) is 12.7. The number of nitriles is 1. The van der Waals surface area contributed by atoms with Crippen molar-refractivity contribution < 1.29 is 23.9 Å². The van der Waals surface area contributed by atoms with Crippen LogP contribution in [0.3, 0.4) is 0 Å². The number of ether oxygens (including phenoxy) is 2. The lowest BCUT2D eigenvalue weighted by Crippen LogP contribution is -2.63. The molecular formula is C48H50N6O5. The number of hydrogen-bond donors (Lipinski definition) is 2. The molecule has 3 atom stereocenters. The van der Waals surface area contributed by atoms with Crippen LogP contribution >= 0.6 is 0 Å². The SMILES string of the molecule is CCC1=C(C)c2nc1cc1[nH]c(cc3[nH]c(cc4nc5c2C=C(C#N)[C@@H]2N(C)c6ccc(C=O)cc6[C@]4(C)[C@@]52CC)c(C)c3CCC(=O)OC)c(CCC(=O)OC)c1C. The topological polar surface area (TPSA) is 154 Å². The largest absolute Gasteiger partial charge is 0.469 e. The van der Waals surface area contributed by atoms with Crippen LogP contribution in [0, 0.1) is 25.2 Å². The van der Waals surface area contributed by atoms with Crippen LogP contribution in [-0.2, 0) is 42.7 Å². The molecule has 0 saturated carbocycles. The number of nitrogens with one attached hydrogen (secondary N) is 2. The maximum Gasteiger partial charge on any atom is 0.305 e. The van der Waals surface area contributed by atoms with Crippen molar-refractivity contribution >= 4 is 63.2 Å². The summed E-state index contributed by atoms with van der Waals surface area (Å²) in [5.41, 5.74) is 15.1. The predicted molar refractivity (Wildman–Crippen MR) is 230 cm³/mol. The molecule has 0 spiro atoms. The van der Waals surface area contributed by atoms with Crippen LogP contribution in [-0.4, -0.2) is 65.5 Å². The molecule has 0 fully saturated rings. The van der Waals surface area contributed by atoms with Crippen molar-refractivity contribution in [2.75, 3.05) is 26.2 Å². The average molecular weight is 791 g/mol. The Hall–Kier alpha value is -6.28. The number of aldehydes is 1. The number of anilines is 1. The van der Waals surface area contributed by atoms with Gasteiger partial charge in [0.2, 0.25) is 0 Å². The molecule has 6 heterocycles. The smallest absolute Gasteiger partial charge is 0.305 e. The average Bonchev–Trinajstić information content (AvgIpc) is 3.90. The number of H-pyrrole nitrogens is 2. The van der Waals surface area contributed by atoms with Gasteiger partial charge >= 0.3 is 11.9 Å². The van der Waals surface area contributed by atoms with Gasteiger partial charge in [0.15, 0.2) is 0 Å². The van der Waals surface area contributed by atoms with E-state index in [1.54, 1.807) is 0 Å². The van der Waals surface area contributed by atoms with Gasteiger partial charge in [-0.1, -0.05) is 13.8 Å². The predicted octanol–water partition coefficient (Wildman–Crippen LogP) is 8.69. The van der Waals surface area contributed by atoms with Gasteiger partial charge in [-0.05, 0) is 135 Å². The Bertz CT molecular complexity index is 2780. The fourth-order valence-electron chi connectivity index (χ4n) is 10.7. The Labute approximate surface area is 344 Å². The van der Waals surface area contributed by atoms with Crippen LogP contribution in [0.15, 0.2) is 42.0 Å². The standard InChI is InChI=1S/C48H50N6O5/c1-10-30-27(5)44-33-19-29(23-49)46-48(11-2)45(33)53-41(47(48,6)34-18-28(24-55)12-15-40(34)54(46)7)22-36-26(4)32(14-17-43(57)59-9)39(51-36)21-38-31(13-16-42(56)58-8)25(3)35(50-38)20-37(30)52-44/h12,15,18-22,24,46,50-51H,10-11,13-14,16-17H2,1-9H3/t46-,47-,48-/m0/s1. The molecular weight excluding hydrogens is 741 g/mol. The van der Waals surface area contributed by atoms with E-state index in [0.717, 1.165) is 108 Å². The number of nitrogens with zero attached hydrogens (tertiary/aromatic N) is 4. The third-order valence-electron chi connectivity index (χ3n) is 13.8. The zero-order valence-electron chi connectivity index (χ0n) is 35.3. The third-order valence-corrected chi connectivity index (χ3v) is 13.8. The Morgan fingerprint density at radius 1 is 0.915 bits per heavy atom. The third kappa shape index (κ3) is 5.63. The number of aromatic amines is 2. The van der Waals surface area contributed by atoms with E-state index in [2.05, 4.69) is 80.7 Å². The molecule has 4 aliphatic rings. The highest BCUT2D eigenvalue weighted by Gasteiger charge is 2.66. The van der Waals surface area contributed by atoms with Crippen molar-refractivity contribution in [1.29, 1.82) is 5.26 Å². The van der Waals surface area contributed by atoms with Gasteiger partial charge in [0, 0.05) is 58.8 Å². The van der Waals surface area contributed by atoms with Crippen molar-refractivity contribution in [2.24, 2.45) is 0 Å². The molecule has 1 aromatic carbocycles. The molecule has 302 valence electrons. The summed E-state index contributed by atoms with van der Waals surface area (Å²) in [4.78, 5) is 58.2. The van der Waals surface area contributed by atoms with E-state index in [4.69, 9.17) is 19.4 Å². The first kappa shape index (κ1) is 39.5. The maximum absolute atomic E-state index is 12.6. The van der Waals surface area contributed by atoms with Crippen molar-refractivity contribution in [3.8, 4) is 6.07 Å². The number of hydrogen-bond acceptors (Lipinski definition) is 9. The second kappa shape index (κ2) is 14.5. The number of aryl methyl sites for hydroxylation is 4. The van der Waals surface area contributed by atoms with Crippen LogP contribution in [0.1, 0.15) is 120 Å². The molecule has 0 radical (unpaired) electrons. The van der Waals surface area contributed by atoms with Gasteiger partial charge in [0.25, 0.3) is 0 Å². The zero-order chi connectivity index (χ0) is 42.1. The van der Waals surface area contributed by atoms with E-state index < -0.39 is 10.8 Å². The van der Waals surface area contributed by atoms with Crippen LogP contribution in [0.4, 0.5) is 5.69 Å². The van der Waals surface area contributed by atoms with Gasteiger partial charge in [-0.15, -0.1) is 0 Å². The van der Waals surface area contributed by atoms with Crippen LogP contribution in [0.25, 0.3) is 39.3 Å². The van der Waals surface area contributed by atoms with E-state index in [-0.39, 0.29) is 30.8 Å². The van der Waals surface area contributed by atoms with Crippen molar-refractivity contribution in [3.63, 3.8) is 0 Å². The Kier molecular flexibility index (Phi) is 9.73. The number of benzene rings is 1. The van der Waals surface area contributed by atoms with Gasteiger partial charge in [0.05, 0.1) is 65.5 Å². The molecule has 3 aliphatic heterocycles. The van der Waals surface area contributed by atoms with Gasteiger partial charge in [-0.3, -0.25) is 19.4 Å². The second-order valence-electron chi connectivity index (χ2n) is 16.3. The molecule has 4 aromatic rings. The first-order valence-electron chi connectivity index (χ1n) is 20.4. The number of rotatable bonds is 9. The van der Waals surface area contributed by atoms with Gasteiger partial charge in [-0.2, -0.15) is 5.26 Å². The summed E-state index contributed by atoms with van der Waals surface area (Å²) < 4.78 is 10.1. The number of carbonyl (C=O) groups excluding carboxylic acids is 3. The van der Waals surface area contributed by atoms with E-state index in [1.807, 2.05) is 31.3 Å². The summed E-state index contributed by atoms with van der Waals surface area (Å²) >= 11 is 0. The molecule has 1 aliphatic carbocycles. The minimum absolute atomic E-state index is 0.184. The van der Waals surface area contributed by atoms with Crippen molar-refractivity contribution in [3.05, 3.63) is 104 Å². The molecule has 11 heteroatoms. The van der Waals surface area contributed by atoms with Gasteiger partial charge < -0.3 is 24.3 Å². The van der Waals surface area contributed by atoms with Crippen molar-refractivity contribution in [1.82, 2.24) is 19.9 Å². The number of likely N-dealkylation sites (N-methyl/N-ethyl adjacent to an activating group) is 1. The first-order valence-corrected chi connectivity index (χ1v) is 20.4. The second-order valence-corrected chi connectivity index (χ2v) is 16.3. The fourth-order valence-corrected chi connectivity index (χ4v) is 10.7. The molecule has 11 nitrogen and oxygen atoms in total. The normalized spacial score (nSPS) is 20.2. The van der Waals surface area contributed by atoms with Crippen molar-refractivity contribution in [2.45, 2.75) is 96.9 Å². The van der Waals surface area contributed by atoms with Gasteiger partial charge in [-0.25, -0.2) is 4.98 Å². The maximum atomic E-state index is 12.6. The van der Waals surface area contributed by atoms with E-state index in [9.17, 15) is 19.6 Å². The minimum atomic E-state index is -0.805. The molecule has 8 bridgehead atoms. The molecule has 0 amide bonds. The number of carbonyl (C=O) groups is 3. The summed E-state index contributed by atoms with van der Waals surface area (Å²) in [5, 5.41) is 11.1. The quantitative estimate of drug-likeness (QED) is 0.125. The number of esters is 2. The summed E-state index contributed by atoms with van der Waals surface area (Å²) in [7, 11) is 4.84. The Morgan fingerprint density at radius 3 is 2.10 bits per heavy atom. The lowest BCUT2D eigenvalue weighted by Gasteiger charge is -2.58. The molecule has 2 N–H and O–H groups in total. The monoisotopic (exact) mass is 790 g/mol. The first-order chi connectivity index (χ1) is 28.3. The fraction of sp³-hybridized carbons (Fsp3) is 0.375. The van der Waals surface area contributed by atoms with E-state index >= 15 is 0 Å². The van der Waals surface area contributed by atoms with Crippen LogP contribution in [0.2, 0.25) is 0 Å². The van der Waals surface area contributed by atoms with Crippen LogP contribution < -0.4 is 4.90 Å². The van der Waals surface area contributed by atoms with E-state index in [1.165, 1.54) is 14.2 Å². The molecule has 0 unspecified atom stereocenters. The molecule has 3 aromatic heterocycles. The molecule has 0 saturated heterocycles. The zero-order valence-corrected chi connectivity index (χ0v) is 35.3. The lowest BCUT2D eigenvalue weighted by atomic mass is 9.50. The highest BCUT2D eigenvalue weighted by Crippen LogP contribution is 2.64. The highest BCUT2D eigenvalue weighted by atomic mass is 16.5. The van der Waals surface area contributed by atoms with Crippen LogP contribution in [0.5, 0.6) is 0 Å². The number of methoxy groups -OCH3 is 2.